The number of ether oxygens (including phenoxy) is 2. The van der Waals surface area contributed by atoms with Crippen molar-refractivity contribution in [3.8, 4) is 0 Å². The van der Waals surface area contributed by atoms with Crippen LogP contribution in [-0.4, -0.2) is 62.4 Å². The molecule has 130 valence electrons. The number of hydrogen-bond donors (Lipinski definition) is 1. The van der Waals surface area contributed by atoms with Crippen LogP contribution in [0.15, 0.2) is 10.4 Å². The molecule has 6 nitrogen and oxygen atoms in total. The second-order valence-corrected chi connectivity index (χ2v) is 6.81. The Morgan fingerprint density at radius 3 is 3.13 bits per heavy atom. The van der Waals surface area contributed by atoms with Gasteiger partial charge in [-0.05, 0) is 26.2 Å². The first-order valence-electron chi connectivity index (χ1n) is 8.21. The average Bonchev–Trinajstić information content (AvgIpc) is 3.18. The maximum Gasteiger partial charge on any atom is 0.193 e. The number of aryl methyl sites for hydroxylation is 1. The Morgan fingerprint density at radius 1 is 1.61 bits per heavy atom. The van der Waals surface area contributed by atoms with E-state index in [2.05, 4.69) is 25.6 Å². The summed E-state index contributed by atoms with van der Waals surface area (Å²) in [7, 11) is 3.83. The molecule has 1 N–H and O–H groups in total. The molecule has 1 unspecified atom stereocenters. The van der Waals surface area contributed by atoms with Gasteiger partial charge in [-0.1, -0.05) is 0 Å². The summed E-state index contributed by atoms with van der Waals surface area (Å²) in [5.74, 6) is 0.884. The van der Waals surface area contributed by atoms with E-state index in [1.165, 1.54) is 0 Å². The summed E-state index contributed by atoms with van der Waals surface area (Å²) >= 11 is 1.68. The van der Waals surface area contributed by atoms with E-state index < -0.39 is 0 Å². The zero-order valence-electron chi connectivity index (χ0n) is 14.4. The van der Waals surface area contributed by atoms with Gasteiger partial charge in [0.05, 0.1) is 30.0 Å². The van der Waals surface area contributed by atoms with Crippen LogP contribution in [0.25, 0.3) is 0 Å². The standard InChI is InChI=1S/C16H28N4O2S/c1-13-19-14(12-23-13)10-20(3)16(17-2)18-7-5-8-21-11-15-6-4-9-22-15/h12,15H,4-11H2,1-3H3,(H,17,18). The van der Waals surface area contributed by atoms with Gasteiger partial charge in [0.15, 0.2) is 5.96 Å². The molecule has 0 saturated carbocycles. The fourth-order valence-electron chi connectivity index (χ4n) is 2.55. The minimum atomic E-state index is 0.309. The fraction of sp³-hybridized carbons (Fsp3) is 0.750. The van der Waals surface area contributed by atoms with E-state index in [-0.39, 0.29) is 0 Å². The molecule has 1 fully saturated rings. The predicted octanol–water partition coefficient (Wildman–Crippen LogP) is 2.04. The summed E-state index contributed by atoms with van der Waals surface area (Å²) in [6.07, 6.45) is 3.56. The average molecular weight is 340 g/mol. The molecular weight excluding hydrogens is 312 g/mol. The molecule has 23 heavy (non-hydrogen) atoms. The Labute approximate surface area is 142 Å². The summed E-state index contributed by atoms with van der Waals surface area (Å²) in [6.45, 7) is 5.99. The third-order valence-corrected chi connectivity index (χ3v) is 4.54. The highest BCUT2D eigenvalue weighted by Gasteiger charge is 2.15. The van der Waals surface area contributed by atoms with Gasteiger partial charge in [0.2, 0.25) is 0 Å². The Balaban J connectivity index is 1.58. The van der Waals surface area contributed by atoms with Crippen LogP contribution >= 0.6 is 11.3 Å². The lowest BCUT2D eigenvalue weighted by molar-refractivity contribution is 0.0168. The first kappa shape index (κ1) is 18.2. The highest BCUT2D eigenvalue weighted by Crippen LogP contribution is 2.12. The summed E-state index contributed by atoms with van der Waals surface area (Å²) < 4.78 is 11.2. The van der Waals surface area contributed by atoms with Gasteiger partial charge >= 0.3 is 0 Å². The van der Waals surface area contributed by atoms with E-state index in [0.717, 1.165) is 68.8 Å². The number of thiazole rings is 1. The van der Waals surface area contributed by atoms with Crippen LogP contribution in [0.5, 0.6) is 0 Å². The number of nitrogens with zero attached hydrogens (tertiary/aromatic N) is 3. The van der Waals surface area contributed by atoms with E-state index >= 15 is 0 Å². The number of rotatable bonds is 8. The van der Waals surface area contributed by atoms with Gasteiger partial charge in [-0.3, -0.25) is 4.99 Å². The molecular formula is C16H28N4O2S. The molecule has 1 aromatic heterocycles. The molecule has 0 aromatic carbocycles. The molecule has 1 atom stereocenters. The van der Waals surface area contributed by atoms with E-state index in [0.29, 0.717) is 6.10 Å². The Bertz CT molecular complexity index is 486. The van der Waals surface area contributed by atoms with Crippen molar-refractivity contribution in [1.82, 2.24) is 15.2 Å². The maximum absolute atomic E-state index is 5.66. The zero-order valence-corrected chi connectivity index (χ0v) is 15.2. The van der Waals surface area contributed by atoms with Gasteiger partial charge < -0.3 is 19.7 Å². The van der Waals surface area contributed by atoms with Crippen LogP contribution in [0.3, 0.4) is 0 Å². The number of aromatic nitrogens is 1. The van der Waals surface area contributed by atoms with E-state index in [9.17, 15) is 0 Å². The highest BCUT2D eigenvalue weighted by molar-refractivity contribution is 7.09. The SMILES string of the molecule is CN=C(NCCCOCC1CCCO1)N(C)Cc1csc(C)n1. The van der Waals surface area contributed by atoms with Crippen molar-refractivity contribution in [2.45, 2.75) is 38.8 Å². The third kappa shape index (κ3) is 6.45. The lowest BCUT2D eigenvalue weighted by atomic mass is 10.2. The molecule has 1 aromatic rings. The molecule has 0 spiro atoms. The summed E-state index contributed by atoms with van der Waals surface area (Å²) in [5, 5.41) is 6.56. The smallest absolute Gasteiger partial charge is 0.193 e. The molecule has 2 heterocycles. The van der Waals surface area contributed by atoms with Crippen molar-refractivity contribution in [1.29, 1.82) is 0 Å². The zero-order chi connectivity index (χ0) is 16.5. The molecule has 0 aliphatic carbocycles. The van der Waals surface area contributed by atoms with E-state index in [1.54, 1.807) is 18.4 Å². The number of nitrogens with one attached hydrogen (secondary N) is 1. The van der Waals surface area contributed by atoms with Gasteiger partial charge in [0, 0.05) is 39.2 Å². The van der Waals surface area contributed by atoms with Crippen molar-refractivity contribution in [2.24, 2.45) is 4.99 Å². The largest absolute Gasteiger partial charge is 0.379 e. The van der Waals surface area contributed by atoms with Crippen molar-refractivity contribution in [2.75, 3.05) is 40.5 Å². The third-order valence-electron chi connectivity index (χ3n) is 3.72. The number of guanidine groups is 1. The van der Waals surface area contributed by atoms with Crippen molar-refractivity contribution < 1.29 is 9.47 Å². The Kier molecular flexibility index (Phi) is 7.78. The molecule has 1 aliphatic rings. The van der Waals surface area contributed by atoms with Crippen LogP contribution in [0.1, 0.15) is 30.0 Å². The number of aliphatic imine (C=N–C) groups is 1. The first-order valence-corrected chi connectivity index (χ1v) is 9.09. The topological polar surface area (TPSA) is 59.0 Å². The first-order chi connectivity index (χ1) is 11.2. The van der Waals surface area contributed by atoms with Gasteiger partial charge in [0.1, 0.15) is 0 Å². The van der Waals surface area contributed by atoms with Gasteiger partial charge in [-0.2, -0.15) is 0 Å². The normalized spacial score (nSPS) is 18.4. The van der Waals surface area contributed by atoms with Crippen molar-refractivity contribution in [3.05, 3.63) is 16.1 Å². The predicted molar refractivity (Wildman–Crippen MR) is 94.1 cm³/mol. The minimum Gasteiger partial charge on any atom is -0.379 e. The quantitative estimate of drug-likeness (QED) is 0.446. The fourth-order valence-corrected chi connectivity index (χ4v) is 3.15. The van der Waals surface area contributed by atoms with Crippen LogP contribution in [0.2, 0.25) is 0 Å². The van der Waals surface area contributed by atoms with Crippen molar-refractivity contribution >= 4 is 17.3 Å². The summed E-state index contributed by atoms with van der Waals surface area (Å²) in [6, 6.07) is 0. The molecule has 7 heteroatoms. The molecule has 2 rings (SSSR count). The van der Waals surface area contributed by atoms with E-state index in [4.69, 9.17) is 9.47 Å². The molecule has 0 radical (unpaired) electrons. The minimum absolute atomic E-state index is 0.309. The summed E-state index contributed by atoms with van der Waals surface area (Å²) in [4.78, 5) is 10.9. The lowest BCUT2D eigenvalue weighted by Gasteiger charge is -2.21. The second-order valence-electron chi connectivity index (χ2n) is 5.75. The molecule has 0 bridgehead atoms. The Hall–Kier alpha value is -1.18. The Morgan fingerprint density at radius 2 is 2.48 bits per heavy atom. The van der Waals surface area contributed by atoms with Crippen LogP contribution < -0.4 is 5.32 Å². The molecule has 0 amide bonds. The number of hydrogen-bond acceptors (Lipinski definition) is 5. The van der Waals surface area contributed by atoms with Crippen LogP contribution in [-0.2, 0) is 16.0 Å². The van der Waals surface area contributed by atoms with Gasteiger partial charge in [-0.25, -0.2) is 4.98 Å². The molecule has 1 aliphatic heterocycles. The highest BCUT2D eigenvalue weighted by atomic mass is 32.1. The lowest BCUT2D eigenvalue weighted by Crippen LogP contribution is -2.39. The van der Waals surface area contributed by atoms with Crippen molar-refractivity contribution in [3.63, 3.8) is 0 Å². The monoisotopic (exact) mass is 340 g/mol. The maximum atomic E-state index is 5.66. The van der Waals surface area contributed by atoms with Gasteiger partial charge in [0.25, 0.3) is 0 Å². The van der Waals surface area contributed by atoms with Crippen LogP contribution in [0.4, 0.5) is 0 Å². The van der Waals surface area contributed by atoms with Crippen LogP contribution in [0, 0.1) is 6.92 Å². The van der Waals surface area contributed by atoms with Gasteiger partial charge in [-0.15, -0.1) is 11.3 Å². The van der Waals surface area contributed by atoms with E-state index in [1.807, 2.05) is 14.0 Å². The molecule has 1 saturated heterocycles. The summed E-state index contributed by atoms with van der Waals surface area (Å²) in [5.41, 5.74) is 1.08. The second kappa shape index (κ2) is 9.85.